The Balaban J connectivity index is 1.77. The summed E-state index contributed by atoms with van der Waals surface area (Å²) in [5.41, 5.74) is 2.65. The second-order valence-electron chi connectivity index (χ2n) is 6.30. The summed E-state index contributed by atoms with van der Waals surface area (Å²) in [6, 6.07) is 15.4. The summed E-state index contributed by atoms with van der Waals surface area (Å²) in [6.45, 7) is 3.08. The van der Waals surface area contributed by atoms with E-state index in [9.17, 15) is 4.79 Å². The van der Waals surface area contributed by atoms with Gasteiger partial charge in [0.1, 0.15) is 6.79 Å². The first-order valence-corrected chi connectivity index (χ1v) is 9.62. The third kappa shape index (κ3) is 3.53. The number of aryl methyl sites for hydroxylation is 1. The number of thioether (sulfide) groups is 1. The van der Waals surface area contributed by atoms with Crippen molar-refractivity contribution in [2.24, 2.45) is 0 Å². The van der Waals surface area contributed by atoms with Gasteiger partial charge in [-0.25, -0.2) is 4.98 Å². The van der Waals surface area contributed by atoms with E-state index in [1.165, 1.54) is 0 Å². The molecule has 3 aromatic rings. The van der Waals surface area contributed by atoms with Crippen molar-refractivity contribution >= 4 is 22.7 Å². The molecule has 5 nitrogen and oxygen atoms in total. The highest BCUT2D eigenvalue weighted by atomic mass is 32.2. The number of benzene rings is 2. The van der Waals surface area contributed by atoms with Gasteiger partial charge < -0.3 is 9.47 Å². The second kappa shape index (κ2) is 7.61. The largest absolute Gasteiger partial charge is 0.355 e. The molecule has 0 radical (unpaired) electrons. The zero-order chi connectivity index (χ0) is 17.9. The van der Waals surface area contributed by atoms with Gasteiger partial charge in [0.2, 0.25) is 0 Å². The van der Waals surface area contributed by atoms with Gasteiger partial charge in [0, 0.05) is 5.75 Å². The van der Waals surface area contributed by atoms with Crippen LogP contribution in [0.2, 0.25) is 0 Å². The van der Waals surface area contributed by atoms with Gasteiger partial charge in [-0.1, -0.05) is 41.6 Å². The van der Waals surface area contributed by atoms with Crippen LogP contribution < -0.4 is 5.56 Å². The van der Waals surface area contributed by atoms with Crippen LogP contribution in [0.15, 0.2) is 58.5 Å². The van der Waals surface area contributed by atoms with E-state index in [1.54, 1.807) is 16.3 Å². The molecule has 0 amide bonds. The van der Waals surface area contributed by atoms with E-state index >= 15 is 0 Å². The van der Waals surface area contributed by atoms with Gasteiger partial charge in [0.15, 0.2) is 5.16 Å². The Kier molecular flexibility index (Phi) is 5.06. The first-order chi connectivity index (χ1) is 12.7. The molecular formula is C20H20N2O3S. The molecule has 134 valence electrons. The lowest BCUT2D eigenvalue weighted by Crippen LogP contribution is -2.27. The summed E-state index contributed by atoms with van der Waals surface area (Å²) in [5, 5.41) is 1.31. The van der Waals surface area contributed by atoms with Crippen LogP contribution in [0.25, 0.3) is 16.6 Å². The first kappa shape index (κ1) is 17.3. The average Bonchev–Trinajstić information content (AvgIpc) is 2.68. The molecule has 0 N–H and O–H groups in total. The Morgan fingerprint density at radius 2 is 2.00 bits per heavy atom. The molecule has 0 saturated carbocycles. The number of hydrogen-bond donors (Lipinski definition) is 0. The number of ether oxygens (including phenoxy) is 2. The van der Waals surface area contributed by atoms with Crippen LogP contribution in [0.4, 0.5) is 0 Å². The molecule has 0 aliphatic carbocycles. The van der Waals surface area contributed by atoms with Crippen molar-refractivity contribution in [2.75, 3.05) is 19.2 Å². The minimum absolute atomic E-state index is 0.0464. The monoisotopic (exact) mass is 368 g/mol. The minimum Gasteiger partial charge on any atom is -0.355 e. The van der Waals surface area contributed by atoms with Crippen LogP contribution in [-0.2, 0) is 9.47 Å². The third-order valence-corrected chi connectivity index (χ3v) is 5.48. The zero-order valence-electron chi connectivity index (χ0n) is 14.6. The highest BCUT2D eigenvalue weighted by Crippen LogP contribution is 2.24. The summed E-state index contributed by atoms with van der Waals surface area (Å²) in [5.74, 6) is 0.736. The number of rotatable bonds is 4. The highest BCUT2D eigenvalue weighted by molar-refractivity contribution is 7.99. The van der Waals surface area contributed by atoms with Gasteiger partial charge in [-0.15, -0.1) is 0 Å². The third-order valence-electron chi connectivity index (χ3n) is 4.41. The Hall–Kier alpha value is -2.15. The van der Waals surface area contributed by atoms with E-state index in [1.807, 2.05) is 55.5 Å². The van der Waals surface area contributed by atoms with E-state index in [4.69, 9.17) is 14.5 Å². The van der Waals surface area contributed by atoms with Gasteiger partial charge in [0.25, 0.3) is 5.56 Å². The lowest BCUT2D eigenvalue weighted by Gasteiger charge is -2.22. The van der Waals surface area contributed by atoms with Crippen molar-refractivity contribution in [3.8, 4) is 5.69 Å². The molecular weight excluding hydrogens is 348 g/mol. The van der Waals surface area contributed by atoms with Crippen molar-refractivity contribution in [3.05, 3.63) is 64.4 Å². The summed E-state index contributed by atoms with van der Waals surface area (Å²) >= 11 is 1.55. The summed E-state index contributed by atoms with van der Waals surface area (Å²) in [4.78, 5) is 17.9. The second-order valence-corrected chi connectivity index (χ2v) is 7.29. The lowest BCUT2D eigenvalue weighted by molar-refractivity contribution is -0.130. The number of nitrogens with zero attached hydrogens (tertiary/aromatic N) is 2. The van der Waals surface area contributed by atoms with E-state index < -0.39 is 0 Å². The summed E-state index contributed by atoms with van der Waals surface area (Å²) in [6.07, 6.45) is 0.971. The standard InChI is InChI=1S/C20H20N2O3S/c1-14-6-8-15(9-7-14)22-19(23)17-4-2-3-5-18(17)21-20(22)26-12-16-10-11-24-13-25-16/h2-9,16H,10-13H2,1H3/t16-/m0/s1. The predicted molar refractivity (Wildman–Crippen MR) is 103 cm³/mol. The molecule has 1 aliphatic rings. The molecule has 6 heteroatoms. The highest BCUT2D eigenvalue weighted by Gasteiger charge is 2.18. The SMILES string of the molecule is Cc1ccc(-n2c(SC[C@@H]3CCOCO3)nc3ccccc3c2=O)cc1. The zero-order valence-corrected chi connectivity index (χ0v) is 15.4. The van der Waals surface area contributed by atoms with Crippen molar-refractivity contribution in [2.45, 2.75) is 24.6 Å². The lowest BCUT2D eigenvalue weighted by atomic mass is 10.2. The topological polar surface area (TPSA) is 53.4 Å². The van der Waals surface area contributed by atoms with Crippen molar-refractivity contribution < 1.29 is 9.47 Å². The summed E-state index contributed by atoms with van der Waals surface area (Å²) < 4.78 is 12.6. The smallest absolute Gasteiger partial charge is 0.266 e. The first-order valence-electron chi connectivity index (χ1n) is 8.63. The van der Waals surface area contributed by atoms with Crippen LogP contribution in [-0.4, -0.2) is 34.8 Å². The molecule has 2 heterocycles. The molecule has 26 heavy (non-hydrogen) atoms. The molecule has 2 aromatic carbocycles. The molecule has 0 bridgehead atoms. The Bertz CT molecular complexity index is 963. The Morgan fingerprint density at radius 1 is 1.19 bits per heavy atom. The molecule has 0 spiro atoms. The van der Waals surface area contributed by atoms with Crippen molar-refractivity contribution in [3.63, 3.8) is 0 Å². The summed E-state index contributed by atoms with van der Waals surface area (Å²) in [7, 11) is 0. The van der Waals surface area contributed by atoms with Crippen LogP contribution in [0.5, 0.6) is 0 Å². The van der Waals surface area contributed by atoms with Crippen LogP contribution in [0.1, 0.15) is 12.0 Å². The fourth-order valence-electron chi connectivity index (χ4n) is 2.93. The molecule has 1 saturated heterocycles. The molecule has 1 fully saturated rings. The van der Waals surface area contributed by atoms with Gasteiger partial charge in [-0.2, -0.15) is 0 Å². The molecule has 1 atom stereocenters. The van der Waals surface area contributed by atoms with Gasteiger partial charge >= 0.3 is 0 Å². The quantitative estimate of drug-likeness (QED) is 0.521. The van der Waals surface area contributed by atoms with E-state index in [0.29, 0.717) is 23.9 Å². The van der Waals surface area contributed by atoms with Crippen molar-refractivity contribution in [1.29, 1.82) is 0 Å². The maximum Gasteiger partial charge on any atom is 0.266 e. The van der Waals surface area contributed by atoms with E-state index in [2.05, 4.69) is 0 Å². The number of para-hydroxylation sites is 1. The average molecular weight is 368 g/mol. The van der Waals surface area contributed by atoms with Crippen LogP contribution >= 0.6 is 11.8 Å². The van der Waals surface area contributed by atoms with E-state index in [-0.39, 0.29) is 11.7 Å². The van der Waals surface area contributed by atoms with Gasteiger partial charge in [-0.3, -0.25) is 9.36 Å². The normalized spacial score (nSPS) is 17.5. The minimum atomic E-state index is -0.0464. The number of hydrogen-bond acceptors (Lipinski definition) is 5. The fourth-order valence-corrected chi connectivity index (χ4v) is 4.01. The molecule has 0 unspecified atom stereocenters. The molecule has 4 rings (SSSR count). The Labute approximate surface area is 156 Å². The van der Waals surface area contributed by atoms with Crippen LogP contribution in [0, 0.1) is 6.92 Å². The number of aromatic nitrogens is 2. The van der Waals surface area contributed by atoms with Gasteiger partial charge in [-0.05, 0) is 37.6 Å². The Morgan fingerprint density at radius 3 is 2.77 bits per heavy atom. The predicted octanol–water partition coefficient (Wildman–Crippen LogP) is 3.55. The fraction of sp³-hybridized carbons (Fsp3) is 0.300. The maximum atomic E-state index is 13.1. The van der Waals surface area contributed by atoms with Gasteiger partial charge in [0.05, 0.1) is 29.3 Å². The van der Waals surface area contributed by atoms with E-state index in [0.717, 1.165) is 28.9 Å². The maximum absolute atomic E-state index is 13.1. The number of fused-ring (bicyclic) bond motifs is 1. The van der Waals surface area contributed by atoms with Crippen molar-refractivity contribution in [1.82, 2.24) is 9.55 Å². The molecule has 1 aromatic heterocycles. The van der Waals surface area contributed by atoms with Crippen LogP contribution in [0.3, 0.4) is 0 Å². The molecule has 1 aliphatic heterocycles.